The third kappa shape index (κ3) is 8.16. The first-order chi connectivity index (χ1) is 15.3. The smallest absolute Gasteiger partial charge is 0.320 e. The largest absolute Gasteiger partial charge is 0.463 e. The minimum Gasteiger partial charge on any atom is -0.463 e. The van der Waals surface area contributed by atoms with Crippen molar-refractivity contribution in [1.82, 2.24) is 15.0 Å². The Morgan fingerprint density at radius 3 is 2.70 bits per heavy atom. The highest BCUT2D eigenvalue weighted by atomic mass is 35.5. The summed E-state index contributed by atoms with van der Waals surface area (Å²) in [4.78, 5) is 15.5. The molecule has 0 unspecified atom stereocenters. The molecule has 1 aliphatic rings. The number of rotatable bonds is 8. The lowest BCUT2D eigenvalue weighted by molar-refractivity contribution is 0.122. The maximum Gasteiger partial charge on any atom is 0.320 e. The van der Waals surface area contributed by atoms with E-state index in [1.165, 1.54) is 5.56 Å². The molecule has 10 heteroatoms. The summed E-state index contributed by atoms with van der Waals surface area (Å²) in [6.45, 7) is 5.39. The Morgan fingerprint density at radius 1 is 1.09 bits per heavy atom. The van der Waals surface area contributed by atoms with Crippen LogP contribution in [0.15, 0.2) is 59.8 Å². The van der Waals surface area contributed by atoms with Crippen molar-refractivity contribution in [3.63, 3.8) is 0 Å². The molecule has 1 N–H and O–H groups in total. The number of halogens is 2. The van der Waals surface area contributed by atoms with E-state index in [0.717, 1.165) is 30.2 Å². The number of aromatic nitrogens is 3. The van der Waals surface area contributed by atoms with Crippen molar-refractivity contribution in [2.24, 2.45) is 5.10 Å². The molecule has 176 valence electrons. The maximum atomic E-state index is 5.85. The van der Waals surface area contributed by atoms with Crippen molar-refractivity contribution in [2.75, 3.05) is 43.2 Å². The maximum absolute atomic E-state index is 5.85. The highest BCUT2D eigenvalue weighted by Crippen LogP contribution is 2.20. The van der Waals surface area contributed by atoms with Crippen LogP contribution in [0.25, 0.3) is 0 Å². The van der Waals surface area contributed by atoms with Gasteiger partial charge in [-0.25, -0.2) is 0 Å². The van der Waals surface area contributed by atoms with E-state index in [1.807, 2.05) is 36.4 Å². The van der Waals surface area contributed by atoms with Crippen molar-refractivity contribution in [2.45, 2.75) is 13.3 Å². The Balaban J connectivity index is 0.00000193. The summed E-state index contributed by atoms with van der Waals surface area (Å²) >= 11 is 0. The molecule has 0 saturated carbocycles. The number of aryl methyl sites for hydroxylation is 1. The first-order valence-electron chi connectivity index (χ1n) is 10.4. The fourth-order valence-corrected chi connectivity index (χ4v) is 3.21. The first kappa shape index (κ1) is 26.3. The van der Waals surface area contributed by atoms with E-state index in [1.54, 1.807) is 12.4 Å². The van der Waals surface area contributed by atoms with Crippen LogP contribution in [0, 0.1) is 6.92 Å². The molecular weight excluding hydrogens is 463 g/mol. The van der Waals surface area contributed by atoms with Crippen LogP contribution in [0.4, 0.5) is 11.6 Å². The van der Waals surface area contributed by atoms with Gasteiger partial charge >= 0.3 is 6.01 Å². The summed E-state index contributed by atoms with van der Waals surface area (Å²) in [7, 11) is 0. The second-order valence-corrected chi connectivity index (χ2v) is 7.20. The van der Waals surface area contributed by atoms with E-state index in [4.69, 9.17) is 9.47 Å². The van der Waals surface area contributed by atoms with Gasteiger partial charge in [0.05, 0.1) is 26.0 Å². The average Bonchev–Trinajstić information content (AvgIpc) is 2.80. The monoisotopic (exact) mass is 490 g/mol. The van der Waals surface area contributed by atoms with Gasteiger partial charge in [0.1, 0.15) is 5.82 Å². The number of hydrogen-bond donors (Lipinski definition) is 1. The van der Waals surface area contributed by atoms with Gasteiger partial charge in [0.15, 0.2) is 5.82 Å². The predicted octanol–water partition coefficient (Wildman–Crippen LogP) is 3.93. The number of hydrogen-bond acceptors (Lipinski definition) is 8. The molecule has 3 aromatic rings. The van der Waals surface area contributed by atoms with Gasteiger partial charge in [0.2, 0.25) is 0 Å². The van der Waals surface area contributed by atoms with Crippen LogP contribution in [-0.4, -0.2) is 54.1 Å². The lowest BCUT2D eigenvalue weighted by Crippen LogP contribution is -2.36. The zero-order chi connectivity index (χ0) is 21.3. The molecule has 1 fully saturated rings. The SMILES string of the molecule is Cc1cccc(/C=N/Nc2cc(N3CCOCC3)nc(OCCc3ccccn3)n2)c1.Cl.Cl. The van der Waals surface area contributed by atoms with Gasteiger partial charge in [0, 0.05) is 37.5 Å². The summed E-state index contributed by atoms with van der Waals surface area (Å²) in [5.74, 6) is 1.37. The van der Waals surface area contributed by atoms with E-state index < -0.39 is 0 Å². The van der Waals surface area contributed by atoms with Crippen LogP contribution in [0.2, 0.25) is 0 Å². The first-order valence-corrected chi connectivity index (χ1v) is 10.4. The summed E-state index contributed by atoms with van der Waals surface area (Å²) in [6.07, 6.45) is 4.23. The van der Waals surface area contributed by atoms with Gasteiger partial charge in [-0.2, -0.15) is 15.1 Å². The Morgan fingerprint density at radius 2 is 1.94 bits per heavy atom. The number of morpholine rings is 1. The number of nitrogens with one attached hydrogen (secondary N) is 1. The quantitative estimate of drug-likeness (QED) is 0.378. The Bertz CT molecular complexity index is 1020. The normalized spacial score (nSPS) is 13.2. The molecule has 0 atom stereocenters. The Kier molecular flexibility index (Phi) is 10.8. The van der Waals surface area contributed by atoms with Crippen molar-refractivity contribution in [1.29, 1.82) is 0 Å². The molecule has 0 amide bonds. The molecule has 1 aliphatic heterocycles. The second kappa shape index (κ2) is 13.6. The van der Waals surface area contributed by atoms with Gasteiger partial charge in [0.25, 0.3) is 0 Å². The summed E-state index contributed by atoms with van der Waals surface area (Å²) < 4.78 is 11.3. The summed E-state index contributed by atoms with van der Waals surface area (Å²) in [5.41, 5.74) is 6.17. The molecule has 0 bridgehead atoms. The zero-order valence-electron chi connectivity index (χ0n) is 18.4. The minimum atomic E-state index is 0. The number of pyridine rings is 1. The molecule has 0 spiro atoms. The van der Waals surface area contributed by atoms with E-state index >= 15 is 0 Å². The lowest BCUT2D eigenvalue weighted by Gasteiger charge is -2.28. The number of nitrogens with zero attached hydrogens (tertiary/aromatic N) is 5. The van der Waals surface area contributed by atoms with E-state index in [0.29, 0.717) is 38.1 Å². The number of hydrazone groups is 1. The van der Waals surface area contributed by atoms with Crippen LogP contribution in [0.5, 0.6) is 6.01 Å². The standard InChI is InChI=1S/C23H26N6O2.2ClH/c1-18-5-4-6-19(15-18)17-25-28-21-16-22(29-10-13-30-14-11-29)27-23(26-21)31-12-8-20-7-2-3-9-24-20;;/h2-7,9,15-17H,8,10-14H2,1H3,(H,26,27,28);2*1H/b25-17+;;. The molecule has 3 heterocycles. The average molecular weight is 491 g/mol. The highest BCUT2D eigenvalue weighted by molar-refractivity contribution is 5.85. The zero-order valence-corrected chi connectivity index (χ0v) is 20.0. The van der Waals surface area contributed by atoms with Crippen LogP contribution in [-0.2, 0) is 11.2 Å². The fourth-order valence-electron chi connectivity index (χ4n) is 3.21. The number of benzene rings is 1. The van der Waals surface area contributed by atoms with Gasteiger partial charge in [-0.1, -0.05) is 35.9 Å². The van der Waals surface area contributed by atoms with Crippen molar-refractivity contribution in [3.05, 3.63) is 71.5 Å². The van der Waals surface area contributed by atoms with Crippen LogP contribution in [0.1, 0.15) is 16.8 Å². The number of ether oxygens (including phenoxy) is 2. The van der Waals surface area contributed by atoms with Gasteiger partial charge in [-0.3, -0.25) is 10.4 Å². The topological polar surface area (TPSA) is 84.8 Å². The van der Waals surface area contributed by atoms with Crippen molar-refractivity contribution >= 4 is 42.7 Å². The van der Waals surface area contributed by atoms with E-state index in [2.05, 4.69) is 49.4 Å². The molecule has 1 saturated heterocycles. The van der Waals surface area contributed by atoms with Crippen LogP contribution < -0.4 is 15.1 Å². The summed E-state index contributed by atoms with van der Waals surface area (Å²) in [6, 6.07) is 16.2. The second-order valence-electron chi connectivity index (χ2n) is 7.20. The van der Waals surface area contributed by atoms with E-state index in [9.17, 15) is 0 Å². The predicted molar refractivity (Wildman–Crippen MR) is 135 cm³/mol. The molecular formula is C23H28Cl2N6O2. The molecule has 0 radical (unpaired) electrons. The third-order valence-electron chi connectivity index (χ3n) is 4.78. The molecule has 2 aromatic heterocycles. The lowest BCUT2D eigenvalue weighted by atomic mass is 10.2. The third-order valence-corrected chi connectivity index (χ3v) is 4.78. The Hall–Kier alpha value is -2.94. The van der Waals surface area contributed by atoms with Crippen LogP contribution >= 0.6 is 24.8 Å². The Labute approximate surface area is 206 Å². The molecule has 0 aliphatic carbocycles. The van der Waals surface area contributed by atoms with Gasteiger partial charge < -0.3 is 14.4 Å². The van der Waals surface area contributed by atoms with Gasteiger partial charge in [-0.05, 0) is 24.6 Å². The van der Waals surface area contributed by atoms with Gasteiger partial charge in [-0.15, -0.1) is 24.8 Å². The molecule has 4 rings (SSSR count). The molecule has 1 aromatic carbocycles. The highest BCUT2D eigenvalue weighted by Gasteiger charge is 2.15. The van der Waals surface area contributed by atoms with Crippen LogP contribution in [0.3, 0.4) is 0 Å². The van der Waals surface area contributed by atoms with Crippen molar-refractivity contribution in [3.8, 4) is 6.01 Å². The minimum absolute atomic E-state index is 0. The number of anilines is 2. The fraction of sp³-hybridized carbons (Fsp3) is 0.304. The van der Waals surface area contributed by atoms with E-state index in [-0.39, 0.29) is 24.8 Å². The summed E-state index contributed by atoms with van der Waals surface area (Å²) in [5, 5.41) is 4.33. The molecule has 8 nitrogen and oxygen atoms in total. The molecule has 33 heavy (non-hydrogen) atoms. The van der Waals surface area contributed by atoms with Crippen molar-refractivity contribution < 1.29 is 9.47 Å².